The van der Waals surface area contributed by atoms with Crippen LogP contribution in [0.25, 0.3) is 0 Å². The average molecular weight is 1120 g/mol. The molecule has 0 spiro atoms. The van der Waals surface area contributed by atoms with Gasteiger partial charge in [-0.15, -0.1) is 0 Å². The number of carbonyl (C=O) groups is 3. The molecule has 6 nitrogen and oxygen atoms in total. The van der Waals surface area contributed by atoms with E-state index in [1.807, 2.05) is 0 Å². The van der Waals surface area contributed by atoms with Gasteiger partial charge in [0, 0.05) is 19.3 Å². The van der Waals surface area contributed by atoms with Crippen molar-refractivity contribution in [2.45, 2.75) is 284 Å². The molecular formula is C75H120O6. The fraction of sp³-hybridized carbons (Fsp3) is 0.613. The van der Waals surface area contributed by atoms with Gasteiger partial charge in [0.1, 0.15) is 13.2 Å². The summed E-state index contributed by atoms with van der Waals surface area (Å²) in [6.45, 7) is 6.35. The average Bonchev–Trinajstić information content (AvgIpc) is 3.47. The minimum Gasteiger partial charge on any atom is -0.462 e. The molecule has 0 rings (SSSR count). The molecule has 0 aliphatic rings. The van der Waals surface area contributed by atoms with Crippen LogP contribution in [0.1, 0.15) is 278 Å². The van der Waals surface area contributed by atoms with Crippen molar-refractivity contribution >= 4 is 17.9 Å². The highest BCUT2D eigenvalue weighted by Gasteiger charge is 2.19. The van der Waals surface area contributed by atoms with Crippen molar-refractivity contribution in [2.75, 3.05) is 13.2 Å². The molecular weight excluding hydrogens is 997 g/mol. The number of ether oxygens (including phenoxy) is 3. The zero-order chi connectivity index (χ0) is 58.5. The molecule has 0 radical (unpaired) electrons. The molecule has 0 bridgehead atoms. The quantitative estimate of drug-likeness (QED) is 0.0261. The predicted molar refractivity (Wildman–Crippen MR) is 352 cm³/mol. The Kier molecular flexibility index (Phi) is 63.4. The third kappa shape index (κ3) is 65.7. The summed E-state index contributed by atoms with van der Waals surface area (Å²) in [5.41, 5.74) is 0. The fourth-order valence-corrected chi connectivity index (χ4v) is 8.62. The third-order valence-corrected chi connectivity index (χ3v) is 13.5. The SMILES string of the molecule is CC/C=C\C/C=C\C/C=C\C/C=C\C/C=C\C/C=C\C/C=C\CCCCCC(=O)OCC(COC(=O)CCCCCCCCC/C=C\C/C=C\CCCCC)OC(=O)CCCCCCCCCC/C=C\C/C=C\C/C=C\C/C=C\CC. The van der Waals surface area contributed by atoms with E-state index in [0.29, 0.717) is 19.3 Å². The second kappa shape index (κ2) is 67.5. The van der Waals surface area contributed by atoms with Gasteiger partial charge in [-0.1, -0.05) is 269 Å². The van der Waals surface area contributed by atoms with E-state index in [1.54, 1.807) is 0 Å². The Bertz CT molecular complexity index is 1810. The van der Waals surface area contributed by atoms with E-state index in [4.69, 9.17) is 14.2 Å². The van der Waals surface area contributed by atoms with Crippen molar-refractivity contribution in [3.8, 4) is 0 Å². The number of carbonyl (C=O) groups excluding carboxylic acids is 3. The number of allylic oxidation sites excluding steroid dienone is 26. The van der Waals surface area contributed by atoms with E-state index in [1.165, 1.54) is 83.5 Å². The van der Waals surface area contributed by atoms with Crippen molar-refractivity contribution < 1.29 is 28.6 Å². The summed E-state index contributed by atoms with van der Waals surface area (Å²) in [4.78, 5) is 38.4. The maximum atomic E-state index is 12.9. The van der Waals surface area contributed by atoms with Gasteiger partial charge in [0.25, 0.3) is 0 Å². The molecule has 1 atom stereocenters. The van der Waals surface area contributed by atoms with Crippen molar-refractivity contribution in [2.24, 2.45) is 0 Å². The van der Waals surface area contributed by atoms with Crippen LogP contribution in [0.2, 0.25) is 0 Å². The summed E-state index contributed by atoms with van der Waals surface area (Å²) in [7, 11) is 0. The van der Waals surface area contributed by atoms with Crippen LogP contribution in [-0.2, 0) is 28.6 Å². The van der Waals surface area contributed by atoms with Gasteiger partial charge < -0.3 is 14.2 Å². The van der Waals surface area contributed by atoms with Gasteiger partial charge in [0.05, 0.1) is 0 Å². The molecule has 0 aromatic heterocycles. The van der Waals surface area contributed by atoms with Crippen molar-refractivity contribution in [1.29, 1.82) is 0 Å². The molecule has 0 N–H and O–H groups in total. The van der Waals surface area contributed by atoms with Gasteiger partial charge in [-0.25, -0.2) is 0 Å². The van der Waals surface area contributed by atoms with E-state index in [9.17, 15) is 14.4 Å². The number of hydrogen-bond acceptors (Lipinski definition) is 6. The summed E-state index contributed by atoms with van der Waals surface area (Å²) < 4.78 is 16.9. The summed E-state index contributed by atoms with van der Waals surface area (Å²) in [5, 5.41) is 0. The van der Waals surface area contributed by atoms with Gasteiger partial charge in [-0.3, -0.25) is 14.4 Å². The van der Waals surface area contributed by atoms with E-state index in [0.717, 1.165) is 154 Å². The summed E-state index contributed by atoms with van der Waals surface area (Å²) in [6, 6.07) is 0. The molecule has 0 aliphatic carbocycles. The maximum Gasteiger partial charge on any atom is 0.306 e. The normalized spacial score (nSPS) is 13.2. The van der Waals surface area contributed by atoms with Crippen LogP contribution < -0.4 is 0 Å². The lowest BCUT2D eigenvalue weighted by molar-refractivity contribution is -0.167. The van der Waals surface area contributed by atoms with Crippen LogP contribution in [-0.4, -0.2) is 37.2 Å². The minimum absolute atomic E-state index is 0.102. The lowest BCUT2D eigenvalue weighted by Crippen LogP contribution is -2.30. The van der Waals surface area contributed by atoms with Crippen molar-refractivity contribution in [1.82, 2.24) is 0 Å². The highest BCUT2D eigenvalue weighted by molar-refractivity contribution is 5.71. The van der Waals surface area contributed by atoms with Crippen LogP contribution in [0.15, 0.2) is 158 Å². The Balaban J connectivity index is 4.50. The Hall–Kier alpha value is -4.97. The van der Waals surface area contributed by atoms with Crippen LogP contribution in [0, 0.1) is 0 Å². The Labute approximate surface area is 499 Å². The van der Waals surface area contributed by atoms with E-state index >= 15 is 0 Å². The smallest absolute Gasteiger partial charge is 0.306 e. The van der Waals surface area contributed by atoms with Gasteiger partial charge in [0.2, 0.25) is 0 Å². The standard InChI is InChI=1S/C75H120O6/c1-4-7-10-13-16-19-22-25-28-31-33-35-36-37-38-40-41-44-47-50-53-56-59-62-65-68-74(77)80-71-72(70-79-73(76)67-64-61-58-55-52-49-46-43-30-27-24-21-18-15-12-9-6-3)81-75(78)69-66-63-60-57-54-51-48-45-42-39-34-32-29-26-23-20-17-14-11-8-5-2/h7-8,10-11,16-21,25-30,33-35,37-39,41,44,50,53,72H,4-6,9,12-15,22-24,31-32,36,40,42-43,45-49,51-52,54-71H2,1-3H3/b10-7-,11-8-,19-16-,20-17-,21-18-,28-25-,29-26-,30-27-,35-33-,38-37-,39-34-,44-41-,53-50-. The molecule has 0 aromatic carbocycles. The maximum absolute atomic E-state index is 12.9. The first-order valence-corrected chi connectivity index (χ1v) is 33.0. The molecule has 0 fully saturated rings. The number of rotatable bonds is 58. The molecule has 81 heavy (non-hydrogen) atoms. The Morgan fingerprint density at radius 1 is 0.259 bits per heavy atom. The molecule has 0 saturated heterocycles. The highest BCUT2D eigenvalue weighted by Crippen LogP contribution is 2.15. The van der Waals surface area contributed by atoms with Crippen molar-refractivity contribution in [3.05, 3.63) is 158 Å². The summed E-state index contributed by atoms with van der Waals surface area (Å²) in [6.07, 6.45) is 98.1. The molecule has 0 saturated carbocycles. The topological polar surface area (TPSA) is 78.9 Å². The Morgan fingerprint density at radius 2 is 0.481 bits per heavy atom. The van der Waals surface area contributed by atoms with Crippen LogP contribution >= 0.6 is 0 Å². The van der Waals surface area contributed by atoms with Crippen LogP contribution in [0.4, 0.5) is 0 Å². The van der Waals surface area contributed by atoms with Gasteiger partial charge in [0.15, 0.2) is 6.10 Å². The van der Waals surface area contributed by atoms with E-state index < -0.39 is 6.10 Å². The lowest BCUT2D eigenvalue weighted by atomic mass is 10.1. The molecule has 0 aromatic rings. The first-order valence-electron chi connectivity index (χ1n) is 33.0. The van der Waals surface area contributed by atoms with Gasteiger partial charge in [-0.2, -0.15) is 0 Å². The second-order valence-corrected chi connectivity index (χ2v) is 21.3. The lowest BCUT2D eigenvalue weighted by Gasteiger charge is -2.18. The number of hydrogen-bond donors (Lipinski definition) is 0. The zero-order valence-corrected chi connectivity index (χ0v) is 52.2. The van der Waals surface area contributed by atoms with Gasteiger partial charge >= 0.3 is 17.9 Å². The molecule has 0 aliphatic heterocycles. The molecule has 1 unspecified atom stereocenters. The monoisotopic (exact) mass is 1120 g/mol. The van der Waals surface area contributed by atoms with Gasteiger partial charge in [-0.05, 0) is 148 Å². The fourth-order valence-electron chi connectivity index (χ4n) is 8.62. The largest absolute Gasteiger partial charge is 0.462 e. The molecule has 0 heterocycles. The third-order valence-electron chi connectivity index (χ3n) is 13.5. The summed E-state index contributed by atoms with van der Waals surface area (Å²) >= 11 is 0. The second-order valence-electron chi connectivity index (χ2n) is 21.3. The van der Waals surface area contributed by atoms with E-state index in [-0.39, 0.29) is 31.1 Å². The first kappa shape index (κ1) is 76.0. The van der Waals surface area contributed by atoms with Crippen molar-refractivity contribution in [3.63, 3.8) is 0 Å². The number of unbranched alkanes of at least 4 members (excludes halogenated alkanes) is 21. The van der Waals surface area contributed by atoms with Crippen LogP contribution in [0.3, 0.4) is 0 Å². The minimum atomic E-state index is -0.810. The Morgan fingerprint density at radius 3 is 0.765 bits per heavy atom. The predicted octanol–water partition coefficient (Wildman–Crippen LogP) is 22.9. The highest BCUT2D eigenvalue weighted by atomic mass is 16.6. The first-order chi connectivity index (χ1) is 40.0. The zero-order valence-electron chi connectivity index (χ0n) is 52.2. The van der Waals surface area contributed by atoms with Crippen LogP contribution in [0.5, 0.6) is 0 Å². The molecule has 6 heteroatoms. The number of esters is 3. The molecule has 0 amide bonds. The van der Waals surface area contributed by atoms with E-state index in [2.05, 4.69) is 179 Å². The molecule has 456 valence electrons. The summed E-state index contributed by atoms with van der Waals surface area (Å²) in [5.74, 6) is -0.952.